The molecular formula is C15H13ClFNO. The van der Waals surface area contributed by atoms with Crippen molar-refractivity contribution in [2.24, 2.45) is 0 Å². The maximum absolute atomic E-state index is 13.8. The van der Waals surface area contributed by atoms with Crippen LogP contribution in [0.3, 0.4) is 0 Å². The number of rotatable bonds is 4. The lowest BCUT2D eigenvalue weighted by Crippen LogP contribution is -2.17. The van der Waals surface area contributed by atoms with Crippen molar-refractivity contribution in [3.63, 3.8) is 0 Å². The molecule has 0 aromatic heterocycles. The first kappa shape index (κ1) is 13.6. The van der Waals surface area contributed by atoms with Crippen molar-refractivity contribution in [3.05, 3.63) is 58.9 Å². The van der Waals surface area contributed by atoms with Crippen LogP contribution in [0.5, 0.6) is 0 Å². The van der Waals surface area contributed by atoms with E-state index in [-0.39, 0.29) is 5.82 Å². The third-order valence-corrected chi connectivity index (χ3v) is 3.16. The Balaban J connectivity index is 2.48. The van der Waals surface area contributed by atoms with Gasteiger partial charge in [-0.25, -0.2) is 4.39 Å². The first-order valence-electron chi connectivity index (χ1n) is 5.94. The van der Waals surface area contributed by atoms with E-state index in [0.717, 1.165) is 6.29 Å². The molecule has 0 aliphatic rings. The monoisotopic (exact) mass is 277 g/mol. The zero-order valence-electron chi connectivity index (χ0n) is 10.4. The van der Waals surface area contributed by atoms with Gasteiger partial charge < -0.3 is 4.90 Å². The van der Waals surface area contributed by atoms with E-state index in [4.69, 9.17) is 11.6 Å². The molecule has 0 amide bonds. The molecule has 0 N–H and O–H groups in total. The summed E-state index contributed by atoms with van der Waals surface area (Å²) in [5.41, 5.74) is 1.64. The van der Waals surface area contributed by atoms with E-state index >= 15 is 0 Å². The van der Waals surface area contributed by atoms with Crippen LogP contribution in [0.2, 0.25) is 5.02 Å². The van der Waals surface area contributed by atoms with Crippen LogP contribution in [0.4, 0.5) is 15.8 Å². The molecule has 0 radical (unpaired) electrons. The molecule has 0 aliphatic heterocycles. The van der Waals surface area contributed by atoms with Crippen molar-refractivity contribution >= 4 is 29.3 Å². The fourth-order valence-corrected chi connectivity index (χ4v) is 2.25. The van der Waals surface area contributed by atoms with Gasteiger partial charge >= 0.3 is 0 Å². The highest BCUT2D eigenvalue weighted by Gasteiger charge is 2.14. The molecule has 0 unspecified atom stereocenters. The van der Waals surface area contributed by atoms with Gasteiger partial charge in [0.25, 0.3) is 0 Å². The highest BCUT2D eigenvalue weighted by molar-refractivity contribution is 6.33. The number of para-hydroxylation sites is 1. The molecular weight excluding hydrogens is 265 g/mol. The molecule has 0 saturated heterocycles. The maximum atomic E-state index is 13.8. The third kappa shape index (κ3) is 2.76. The van der Waals surface area contributed by atoms with E-state index < -0.39 is 0 Å². The van der Waals surface area contributed by atoms with Gasteiger partial charge in [-0.2, -0.15) is 0 Å². The topological polar surface area (TPSA) is 20.3 Å². The van der Waals surface area contributed by atoms with Gasteiger partial charge in [0, 0.05) is 12.1 Å². The van der Waals surface area contributed by atoms with Crippen LogP contribution in [0, 0.1) is 5.82 Å². The molecule has 2 nitrogen and oxygen atoms in total. The number of carbonyl (C=O) groups excluding carboxylic acids is 1. The van der Waals surface area contributed by atoms with Gasteiger partial charge in [-0.3, -0.25) is 4.79 Å². The molecule has 0 aliphatic carbocycles. The molecule has 2 aromatic carbocycles. The Morgan fingerprint density at radius 3 is 2.53 bits per heavy atom. The zero-order chi connectivity index (χ0) is 13.8. The Morgan fingerprint density at radius 2 is 1.95 bits per heavy atom. The van der Waals surface area contributed by atoms with Crippen LogP contribution < -0.4 is 4.90 Å². The lowest BCUT2D eigenvalue weighted by Gasteiger charge is -2.24. The predicted octanol–water partition coefficient (Wildman–Crippen LogP) is 4.45. The SMILES string of the molecule is CCN(c1ccccc1F)c1ccc(C=O)cc1Cl. The van der Waals surface area contributed by atoms with E-state index in [0.29, 0.717) is 28.5 Å². The third-order valence-electron chi connectivity index (χ3n) is 2.86. The molecule has 2 aromatic rings. The van der Waals surface area contributed by atoms with Gasteiger partial charge in [-0.05, 0) is 37.3 Å². The molecule has 2 rings (SSSR count). The number of carbonyl (C=O) groups is 1. The molecule has 4 heteroatoms. The van der Waals surface area contributed by atoms with Crippen LogP contribution in [0.15, 0.2) is 42.5 Å². The maximum Gasteiger partial charge on any atom is 0.150 e. The minimum atomic E-state index is -0.306. The smallest absolute Gasteiger partial charge is 0.150 e. The number of halogens is 2. The summed E-state index contributed by atoms with van der Waals surface area (Å²) < 4.78 is 13.8. The van der Waals surface area contributed by atoms with Crippen LogP contribution in [-0.4, -0.2) is 12.8 Å². The number of anilines is 2. The minimum absolute atomic E-state index is 0.306. The molecule has 0 atom stereocenters. The summed E-state index contributed by atoms with van der Waals surface area (Å²) in [4.78, 5) is 12.5. The Hall–Kier alpha value is -1.87. The van der Waals surface area contributed by atoms with Crippen molar-refractivity contribution in [1.82, 2.24) is 0 Å². The van der Waals surface area contributed by atoms with E-state index in [1.807, 2.05) is 6.92 Å². The standard InChI is InChI=1S/C15H13ClFNO/c1-2-18(15-6-4-3-5-13(15)17)14-8-7-11(10-19)9-12(14)16/h3-10H,2H2,1H3. The van der Waals surface area contributed by atoms with Crippen LogP contribution in [-0.2, 0) is 0 Å². The van der Waals surface area contributed by atoms with Crippen molar-refractivity contribution in [3.8, 4) is 0 Å². The number of benzene rings is 2. The van der Waals surface area contributed by atoms with E-state index in [2.05, 4.69) is 0 Å². The highest BCUT2D eigenvalue weighted by atomic mass is 35.5. The summed E-state index contributed by atoms with van der Waals surface area (Å²) in [6.07, 6.45) is 0.731. The fraction of sp³-hybridized carbons (Fsp3) is 0.133. The van der Waals surface area contributed by atoms with Gasteiger partial charge in [0.1, 0.15) is 12.1 Å². The molecule has 0 spiro atoms. The Kier molecular flexibility index (Phi) is 4.17. The summed E-state index contributed by atoms with van der Waals surface area (Å²) in [6, 6.07) is 11.5. The Bertz CT molecular complexity index is 600. The van der Waals surface area contributed by atoms with Crippen molar-refractivity contribution in [2.45, 2.75) is 6.92 Å². The summed E-state index contributed by atoms with van der Waals surface area (Å²) in [5, 5.41) is 0.426. The number of nitrogens with zero attached hydrogens (tertiary/aromatic N) is 1. The quantitative estimate of drug-likeness (QED) is 0.770. The largest absolute Gasteiger partial charge is 0.338 e. The van der Waals surface area contributed by atoms with Gasteiger partial charge in [0.05, 0.1) is 16.4 Å². The number of hydrogen-bond acceptors (Lipinski definition) is 2. The van der Waals surface area contributed by atoms with Crippen molar-refractivity contribution in [2.75, 3.05) is 11.4 Å². The van der Waals surface area contributed by atoms with E-state index in [1.165, 1.54) is 6.07 Å². The molecule has 0 fully saturated rings. The Labute approximate surface area is 116 Å². The van der Waals surface area contributed by atoms with Crippen LogP contribution in [0.25, 0.3) is 0 Å². The second kappa shape index (κ2) is 5.85. The predicted molar refractivity (Wildman–Crippen MR) is 75.9 cm³/mol. The van der Waals surface area contributed by atoms with E-state index in [9.17, 15) is 9.18 Å². The van der Waals surface area contributed by atoms with Gasteiger partial charge in [-0.15, -0.1) is 0 Å². The lowest BCUT2D eigenvalue weighted by molar-refractivity contribution is 0.112. The number of aldehydes is 1. The van der Waals surface area contributed by atoms with Crippen molar-refractivity contribution < 1.29 is 9.18 Å². The van der Waals surface area contributed by atoms with Crippen molar-refractivity contribution in [1.29, 1.82) is 0 Å². The summed E-state index contributed by atoms with van der Waals surface area (Å²) in [5.74, 6) is -0.306. The molecule has 19 heavy (non-hydrogen) atoms. The summed E-state index contributed by atoms with van der Waals surface area (Å²) >= 11 is 6.16. The van der Waals surface area contributed by atoms with Crippen LogP contribution in [0.1, 0.15) is 17.3 Å². The van der Waals surface area contributed by atoms with Gasteiger partial charge in [-0.1, -0.05) is 23.7 Å². The molecule has 0 saturated carbocycles. The van der Waals surface area contributed by atoms with Gasteiger partial charge in [0.2, 0.25) is 0 Å². The first-order chi connectivity index (χ1) is 9.17. The average molecular weight is 278 g/mol. The summed E-state index contributed by atoms with van der Waals surface area (Å²) in [7, 11) is 0. The highest BCUT2D eigenvalue weighted by Crippen LogP contribution is 2.33. The first-order valence-corrected chi connectivity index (χ1v) is 6.32. The normalized spacial score (nSPS) is 10.3. The second-order valence-electron chi connectivity index (χ2n) is 4.02. The minimum Gasteiger partial charge on any atom is -0.338 e. The molecule has 0 heterocycles. The number of hydrogen-bond donors (Lipinski definition) is 0. The molecule has 98 valence electrons. The van der Waals surface area contributed by atoms with E-state index in [1.54, 1.807) is 41.3 Å². The molecule has 0 bridgehead atoms. The zero-order valence-corrected chi connectivity index (χ0v) is 11.2. The lowest BCUT2D eigenvalue weighted by atomic mass is 10.2. The van der Waals surface area contributed by atoms with Crippen LogP contribution >= 0.6 is 11.6 Å². The van der Waals surface area contributed by atoms with Gasteiger partial charge in [0.15, 0.2) is 0 Å². The average Bonchev–Trinajstić information content (AvgIpc) is 2.43. The second-order valence-corrected chi connectivity index (χ2v) is 4.43. The summed E-state index contributed by atoms with van der Waals surface area (Å²) in [6.45, 7) is 2.48. The fourth-order valence-electron chi connectivity index (χ4n) is 1.96. The Morgan fingerprint density at radius 1 is 1.21 bits per heavy atom.